The smallest absolute Gasteiger partial charge is 0.193 e. The quantitative estimate of drug-likeness (QED) is 0.388. The normalized spacial score (nSPS) is 25.7. The summed E-state index contributed by atoms with van der Waals surface area (Å²) in [5.41, 5.74) is 0. The van der Waals surface area contributed by atoms with Crippen LogP contribution in [0, 0.1) is 5.92 Å². The van der Waals surface area contributed by atoms with Gasteiger partial charge in [-0.15, -0.1) is 24.0 Å². The van der Waals surface area contributed by atoms with Crippen LogP contribution in [0.2, 0.25) is 0 Å². The molecule has 0 spiro atoms. The lowest BCUT2D eigenvalue weighted by Crippen LogP contribution is -2.46. The van der Waals surface area contributed by atoms with Gasteiger partial charge < -0.3 is 10.2 Å². The molecule has 2 aliphatic heterocycles. The second-order valence-corrected chi connectivity index (χ2v) is 8.73. The van der Waals surface area contributed by atoms with Crippen molar-refractivity contribution in [2.45, 2.75) is 26.7 Å². The molecule has 2 fully saturated rings. The van der Waals surface area contributed by atoms with E-state index >= 15 is 0 Å². The van der Waals surface area contributed by atoms with Gasteiger partial charge in [0.2, 0.25) is 0 Å². The summed E-state index contributed by atoms with van der Waals surface area (Å²) < 4.78 is 22.9. The first-order valence-corrected chi connectivity index (χ1v) is 10.3. The predicted octanol–water partition coefficient (Wildman–Crippen LogP) is 1.03. The second kappa shape index (κ2) is 10.0. The molecule has 2 aliphatic rings. The van der Waals surface area contributed by atoms with Crippen LogP contribution in [0.25, 0.3) is 0 Å². The molecule has 2 rings (SSSR count). The summed E-state index contributed by atoms with van der Waals surface area (Å²) in [6.07, 6.45) is 2.54. The molecule has 8 heteroatoms. The Morgan fingerprint density at radius 1 is 1.26 bits per heavy atom. The number of guanidine groups is 1. The van der Waals surface area contributed by atoms with Crippen molar-refractivity contribution in [1.82, 2.24) is 15.1 Å². The first-order chi connectivity index (χ1) is 10.5. The highest BCUT2D eigenvalue weighted by molar-refractivity contribution is 14.0. The van der Waals surface area contributed by atoms with Crippen LogP contribution in [0.4, 0.5) is 0 Å². The van der Waals surface area contributed by atoms with Gasteiger partial charge in [-0.1, -0.05) is 6.92 Å². The molecule has 23 heavy (non-hydrogen) atoms. The molecule has 0 bridgehead atoms. The van der Waals surface area contributed by atoms with Crippen LogP contribution in [0.1, 0.15) is 26.7 Å². The fraction of sp³-hybridized carbons (Fsp3) is 0.933. The molecule has 0 aromatic carbocycles. The summed E-state index contributed by atoms with van der Waals surface area (Å²) in [5, 5.41) is 3.39. The van der Waals surface area contributed by atoms with E-state index in [1.54, 1.807) is 0 Å². The number of halogens is 1. The third kappa shape index (κ3) is 7.13. The van der Waals surface area contributed by atoms with Gasteiger partial charge in [0.25, 0.3) is 0 Å². The van der Waals surface area contributed by atoms with Gasteiger partial charge in [0, 0.05) is 39.3 Å². The highest BCUT2D eigenvalue weighted by Gasteiger charge is 2.22. The van der Waals surface area contributed by atoms with Crippen molar-refractivity contribution in [2.24, 2.45) is 10.9 Å². The van der Waals surface area contributed by atoms with Crippen molar-refractivity contribution in [1.29, 1.82) is 0 Å². The third-order valence-electron chi connectivity index (χ3n) is 4.41. The van der Waals surface area contributed by atoms with Crippen molar-refractivity contribution in [3.05, 3.63) is 0 Å². The highest BCUT2D eigenvalue weighted by atomic mass is 127. The molecule has 1 N–H and O–H groups in total. The van der Waals surface area contributed by atoms with Crippen molar-refractivity contribution < 1.29 is 8.42 Å². The number of sulfone groups is 1. The van der Waals surface area contributed by atoms with E-state index in [9.17, 15) is 8.42 Å². The van der Waals surface area contributed by atoms with Crippen LogP contribution >= 0.6 is 24.0 Å². The Morgan fingerprint density at radius 2 is 1.96 bits per heavy atom. The van der Waals surface area contributed by atoms with E-state index in [1.165, 1.54) is 12.8 Å². The SMILES string of the molecule is CCNC(=NCCN1CCS(=O)(=O)CC1)N1CCCC(C)C1.I. The maximum Gasteiger partial charge on any atom is 0.193 e. The molecule has 0 aromatic rings. The zero-order valence-electron chi connectivity index (χ0n) is 14.3. The average Bonchev–Trinajstić information content (AvgIpc) is 2.48. The number of aliphatic imine (C=N–C) groups is 1. The molecule has 2 saturated heterocycles. The maximum atomic E-state index is 11.4. The van der Waals surface area contributed by atoms with E-state index in [-0.39, 0.29) is 24.0 Å². The molecule has 2 heterocycles. The fourth-order valence-electron chi connectivity index (χ4n) is 3.08. The predicted molar refractivity (Wildman–Crippen MR) is 106 cm³/mol. The lowest BCUT2D eigenvalue weighted by Gasteiger charge is -2.33. The van der Waals surface area contributed by atoms with E-state index < -0.39 is 9.84 Å². The van der Waals surface area contributed by atoms with Gasteiger partial charge >= 0.3 is 0 Å². The summed E-state index contributed by atoms with van der Waals surface area (Å²) in [7, 11) is -2.79. The average molecular weight is 458 g/mol. The molecule has 136 valence electrons. The Kier molecular flexibility index (Phi) is 9.13. The van der Waals surface area contributed by atoms with Crippen LogP contribution in [-0.4, -0.2) is 81.5 Å². The van der Waals surface area contributed by atoms with E-state index in [1.807, 2.05) is 0 Å². The monoisotopic (exact) mass is 458 g/mol. The van der Waals surface area contributed by atoms with Crippen molar-refractivity contribution in [3.8, 4) is 0 Å². The topological polar surface area (TPSA) is 65.0 Å². The van der Waals surface area contributed by atoms with Gasteiger partial charge in [-0.25, -0.2) is 8.42 Å². The minimum Gasteiger partial charge on any atom is -0.357 e. The van der Waals surface area contributed by atoms with Crippen LogP contribution in [0.3, 0.4) is 0 Å². The Labute approximate surface area is 158 Å². The molecule has 0 radical (unpaired) electrons. The second-order valence-electron chi connectivity index (χ2n) is 6.42. The summed E-state index contributed by atoms with van der Waals surface area (Å²) in [5.74, 6) is 2.32. The summed E-state index contributed by atoms with van der Waals surface area (Å²) in [4.78, 5) is 9.30. The Balaban J connectivity index is 0.00000264. The number of piperidine rings is 1. The molecule has 1 unspecified atom stereocenters. The summed E-state index contributed by atoms with van der Waals surface area (Å²) >= 11 is 0. The van der Waals surface area contributed by atoms with Gasteiger partial charge in [-0.2, -0.15) is 0 Å². The van der Waals surface area contributed by atoms with E-state index in [0.717, 1.165) is 44.6 Å². The molecular formula is C15H31IN4O2S. The number of nitrogens with one attached hydrogen (secondary N) is 1. The zero-order valence-corrected chi connectivity index (χ0v) is 17.5. The molecule has 0 saturated carbocycles. The van der Waals surface area contributed by atoms with Gasteiger partial charge in [0.05, 0.1) is 18.1 Å². The molecule has 1 atom stereocenters. The lowest BCUT2D eigenvalue weighted by atomic mass is 10.0. The van der Waals surface area contributed by atoms with Gasteiger partial charge in [-0.05, 0) is 25.7 Å². The Morgan fingerprint density at radius 3 is 2.57 bits per heavy atom. The van der Waals surface area contributed by atoms with Crippen LogP contribution in [-0.2, 0) is 9.84 Å². The number of likely N-dealkylation sites (tertiary alicyclic amines) is 1. The van der Waals surface area contributed by atoms with Crippen molar-refractivity contribution in [3.63, 3.8) is 0 Å². The summed E-state index contributed by atoms with van der Waals surface area (Å²) in [6, 6.07) is 0. The standard InChI is InChI=1S/C15H30N4O2S.HI/c1-3-16-15(19-7-4-5-14(2)13-19)17-6-8-18-9-11-22(20,21)12-10-18;/h14H,3-13H2,1-2H3,(H,16,17);1H. The first-order valence-electron chi connectivity index (χ1n) is 8.46. The van der Waals surface area contributed by atoms with Crippen molar-refractivity contribution in [2.75, 3.05) is 57.3 Å². The molecular weight excluding hydrogens is 427 g/mol. The summed E-state index contributed by atoms with van der Waals surface area (Å²) in [6.45, 7) is 10.3. The van der Waals surface area contributed by atoms with E-state index in [4.69, 9.17) is 4.99 Å². The van der Waals surface area contributed by atoms with Crippen LogP contribution in [0.5, 0.6) is 0 Å². The lowest BCUT2D eigenvalue weighted by molar-refractivity contribution is 0.264. The molecule has 0 amide bonds. The number of nitrogens with zero attached hydrogens (tertiary/aromatic N) is 3. The largest absolute Gasteiger partial charge is 0.357 e. The minimum atomic E-state index is -2.79. The maximum absolute atomic E-state index is 11.4. The molecule has 6 nitrogen and oxygen atoms in total. The first kappa shape index (κ1) is 21.0. The van der Waals surface area contributed by atoms with E-state index in [2.05, 4.69) is 29.0 Å². The fourth-order valence-corrected chi connectivity index (χ4v) is 4.36. The molecule has 0 aromatic heterocycles. The zero-order chi connectivity index (χ0) is 16.0. The number of hydrogen-bond acceptors (Lipinski definition) is 4. The third-order valence-corrected chi connectivity index (χ3v) is 6.02. The van der Waals surface area contributed by atoms with E-state index in [0.29, 0.717) is 24.6 Å². The van der Waals surface area contributed by atoms with Gasteiger partial charge in [0.15, 0.2) is 15.8 Å². The van der Waals surface area contributed by atoms with Crippen molar-refractivity contribution >= 4 is 39.8 Å². The highest BCUT2D eigenvalue weighted by Crippen LogP contribution is 2.15. The Hall–Kier alpha value is -0.0900. The molecule has 0 aliphatic carbocycles. The van der Waals surface area contributed by atoms with Crippen LogP contribution in [0.15, 0.2) is 4.99 Å². The number of hydrogen-bond donors (Lipinski definition) is 1. The Bertz CT molecular complexity index is 470. The number of rotatable bonds is 4. The minimum absolute atomic E-state index is 0. The van der Waals surface area contributed by atoms with Gasteiger partial charge in [-0.3, -0.25) is 9.89 Å². The van der Waals surface area contributed by atoms with Gasteiger partial charge in [0.1, 0.15) is 0 Å². The van der Waals surface area contributed by atoms with Crippen LogP contribution < -0.4 is 5.32 Å².